The van der Waals surface area contributed by atoms with Gasteiger partial charge in [0.15, 0.2) is 0 Å². The van der Waals surface area contributed by atoms with Crippen LogP contribution in [0.3, 0.4) is 0 Å². The van der Waals surface area contributed by atoms with Gasteiger partial charge < -0.3 is 20.4 Å². The van der Waals surface area contributed by atoms with Gasteiger partial charge in [-0.05, 0) is 81.2 Å². The Morgan fingerprint density at radius 3 is 1.89 bits per heavy atom. The summed E-state index contributed by atoms with van der Waals surface area (Å²) in [5.74, 6) is 0.0767. The second-order valence-electron chi connectivity index (χ2n) is 8.24. The first-order valence-electron chi connectivity index (χ1n) is 11.3. The fourth-order valence-electron chi connectivity index (χ4n) is 3.64. The molecule has 0 aliphatic carbocycles. The normalized spacial score (nSPS) is 10.4. The van der Waals surface area contributed by atoms with Gasteiger partial charge in [0.1, 0.15) is 0 Å². The van der Waals surface area contributed by atoms with Gasteiger partial charge >= 0.3 is 0 Å². The van der Waals surface area contributed by atoms with Crippen molar-refractivity contribution in [2.75, 3.05) is 48.6 Å². The van der Waals surface area contributed by atoms with Crippen LogP contribution in [0, 0.1) is 0 Å². The first-order chi connectivity index (χ1) is 16.4. The van der Waals surface area contributed by atoms with Gasteiger partial charge in [-0.25, -0.2) is 0 Å². The lowest BCUT2D eigenvalue weighted by atomic mass is 10.1. The van der Waals surface area contributed by atoms with E-state index in [4.69, 9.17) is 11.6 Å². The summed E-state index contributed by atoms with van der Waals surface area (Å²) in [7, 11) is 4.00. The van der Waals surface area contributed by atoms with Crippen molar-refractivity contribution in [1.82, 2.24) is 4.90 Å². The highest BCUT2D eigenvalue weighted by molar-refractivity contribution is 6.18. The number of halogens is 2. The third kappa shape index (κ3) is 8.28. The molecule has 35 heavy (non-hydrogen) atoms. The van der Waals surface area contributed by atoms with Gasteiger partial charge in [0.05, 0.1) is 0 Å². The predicted octanol–water partition coefficient (Wildman–Crippen LogP) is 5.74. The minimum absolute atomic E-state index is 0. The van der Waals surface area contributed by atoms with Gasteiger partial charge in [-0.15, -0.1) is 24.0 Å². The molecule has 0 unspecified atom stereocenters. The average Bonchev–Trinajstić information content (AvgIpc) is 2.82. The first-order valence-corrected chi connectivity index (χ1v) is 11.8. The number of nitrogens with zero attached hydrogens (tertiary/aromatic N) is 2. The van der Waals surface area contributed by atoms with E-state index >= 15 is 0 Å². The van der Waals surface area contributed by atoms with Crippen LogP contribution in [0.15, 0.2) is 72.8 Å². The van der Waals surface area contributed by atoms with Gasteiger partial charge in [0.2, 0.25) is 0 Å². The fourth-order valence-corrected chi connectivity index (χ4v) is 3.85. The Morgan fingerprint density at radius 1 is 0.829 bits per heavy atom. The Balaban J connectivity index is 0.00000432. The summed E-state index contributed by atoms with van der Waals surface area (Å²) < 4.78 is 0. The van der Waals surface area contributed by atoms with Crippen molar-refractivity contribution in [3.05, 3.63) is 89.5 Å². The monoisotopic (exact) mass is 514 g/mol. The predicted molar refractivity (Wildman–Crippen MR) is 148 cm³/mol. The number of anilines is 3. The van der Waals surface area contributed by atoms with Crippen LogP contribution in [0.5, 0.6) is 0 Å². The highest BCUT2D eigenvalue weighted by Gasteiger charge is 2.11. The summed E-state index contributed by atoms with van der Waals surface area (Å²) >= 11 is 5.89. The lowest BCUT2D eigenvalue weighted by molar-refractivity contribution is 0.101. The lowest BCUT2D eigenvalue weighted by Gasteiger charge is -2.22. The molecule has 0 bridgehead atoms. The van der Waals surface area contributed by atoms with Gasteiger partial charge in [0, 0.05) is 53.7 Å². The Labute approximate surface area is 218 Å². The summed E-state index contributed by atoms with van der Waals surface area (Å²) in [5.41, 5.74) is 4.52. The van der Waals surface area contributed by atoms with Crippen LogP contribution >= 0.6 is 24.0 Å². The third-order valence-corrected chi connectivity index (χ3v) is 5.47. The van der Waals surface area contributed by atoms with Crippen LogP contribution in [0.2, 0.25) is 0 Å². The van der Waals surface area contributed by atoms with Gasteiger partial charge in [-0.2, -0.15) is 0 Å². The van der Waals surface area contributed by atoms with Gasteiger partial charge in [-0.3, -0.25) is 9.59 Å². The Bertz CT molecular complexity index is 1120. The van der Waals surface area contributed by atoms with E-state index in [2.05, 4.69) is 27.4 Å². The molecule has 3 rings (SSSR count). The molecule has 0 aromatic heterocycles. The van der Waals surface area contributed by atoms with Crippen LogP contribution in [0.1, 0.15) is 33.2 Å². The molecular weight excluding hydrogens is 483 g/mol. The highest BCUT2D eigenvalue weighted by atomic mass is 35.5. The van der Waals surface area contributed by atoms with Crippen LogP contribution in [0.25, 0.3) is 0 Å². The molecule has 6 nitrogen and oxygen atoms in total. The number of benzene rings is 3. The number of hydrogen-bond donors (Lipinski definition) is 2. The highest BCUT2D eigenvalue weighted by Crippen LogP contribution is 2.20. The molecule has 0 spiro atoms. The molecule has 0 aliphatic rings. The van der Waals surface area contributed by atoms with Crippen molar-refractivity contribution in [2.24, 2.45) is 0 Å². The van der Waals surface area contributed by atoms with Crippen LogP contribution < -0.4 is 15.5 Å². The Kier molecular flexibility index (Phi) is 11.1. The summed E-state index contributed by atoms with van der Waals surface area (Å²) in [6, 6.07) is 22.1. The number of nitrogens with one attached hydrogen (secondary N) is 2. The summed E-state index contributed by atoms with van der Waals surface area (Å²) in [6.45, 7) is 4.42. The molecule has 0 aliphatic heterocycles. The fraction of sp³-hybridized carbons (Fsp3) is 0.259. The largest absolute Gasteiger partial charge is 0.371 e. The van der Waals surface area contributed by atoms with Crippen LogP contribution in [-0.4, -0.2) is 49.8 Å². The second kappa shape index (κ2) is 13.7. The molecule has 0 heterocycles. The maximum absolute atomic E-state index is 12.7. The zero-order chi connectivity index (χ0) is 24.5. The molecule has 2 amide bonds. The molecule has 186 valence electrons. The summed E-state index contributed by atoms with van der Waals surface area (Å²) in [6.07, 6.45) is 0. The van der Waals surface area contributed by atoms with Crippen molar-refractivity contribution in [3.63, 3.8) is 0 Å². The molecule has 3 aromatic carbocycles. The zero-order valence-electron chi connectivity index (χ0n) is 20.3. The van der Waals surface area contributed by atoms with Crippen molar-refractivity contribution >= 4 is 52.9 Å². The van der Waals surface area contributed by atoms with Gasteiger partial charge in [0.25, 0.3) is 11.8 Å². The average molecular weight is 515 g/mol. The Morgan fingerprint density at radius 2 is 1.37 bits per heavy atom. The first kappa shape index (κ1) is 28.2. The number of hydrogen-bond acceptors (Lipinski definition) is 4. The van der Waals surface area contributed by atoms with E-state index in [1.807, 2.05) is 62.6 Å². The van der Waals surface area contributed by atoms with E-state index in [1.165, 1.54) is 0 Å². The van der Waals surface area contributed by atoms with Crippen molar-refractivity contribution in [3.8, 4) is 0 Å². The van der Waals surface area contributed by atoms with E-state index < -0.39 is 0 Å². The number of alkyl halides is 1. The van der Waals surface area contributed by atoms with E-state index in [0.717, 1.165) is 36.6 Å². The summed E-state index contributed by atoms with van der Waals surface area (Å²) in [4.78, 5) is 29.6. The zero-order valence-corrected chi connectivity index (χ0v) is 21.8. The van der Waals surface area contributed by atoms with E-state index in [0.29, 0.717) is 22.7 Å². The quantitative estimate of drug-likeness (QED) is 0.338. The number of carbonyl (C=O) groups is 2. The topological polar surface area (TPSA) is 64.7 Å². The molecule has 0 fully saturated rings. The van der Waals surface area contributed by atoms with Crippen LogP contribution in [-0.2, 0) is 6.54 Å². The van der Waals surface area contributed by atoms with E-state index in [9.17, 15) is 9.59 Å². The van der Waals surface area contributed by atoms with Gasteiger partial charge in [-0.1, -0.05) is 18.2 Å². The maximum atomic E-state index is 12.7. The third-order valence-electron chi connectivity index (χ3n) is 5.30. The van der Waals surface area contributed by atoms with E-state index in [1.54, 1.807) is 24.3 Å². The second-order valence-corrected chi connectivity index (χ2v) is 8.62. The molecular formula is C27H32Cl2N4O2. The molecule has 0 radical (unpaired) electrons. The lowest BCUT2D eigenvalue weighted by Crippen LogP contribution is -2.25. The van der Waals surface area contributed by atoms with Crippen molar-refractivity contribution in [1.29, 1.82) is 0 Å². The molecule has 0 atom stereocenters. The molecule has 2 N–H and O–H groups in total. The minimum atomic E-state index is -0.235. The molecule has 3 aromatic rings. The molecule has 0 saturated heterocycles. The van der Waals surface area contributed by atoms with Crippen LogP contribution in [0.4, 0.5) is 17.1 Å². The molecule has 0 saturated carbocycles. The minimum Gasteiger partial charge on any atom is -0.371 e. The summed E-state index contributed by atoms with van der Waals surface area (Å²) in [5, 5.41) is 5.85. The Hall–Kier alpha value is -3.06. The smallest absolute Gasteiger partial charge is 0.255 e. The SMILES string of the molecule is CCN(CCCl)c1cccc(NC(=O)c2ccc(C(=O)Nc3cccc(CN(C)C)c3)cc2)c1.Cl. The number of amides is 2. The number of rotatable bonds is 10. The van der Waals surface area contributed by atoms with E-state index in [-0.39, 0.29) is 24.2 Å². The number of carbonyl (C=O) groups excluding carboxylic acids is 2. The van der Waals surface area contributed by atoms with Crippen molar-refractivity contribution in [2.45, 2.75) is 13.5 Å². The van der Waals surface area contributed by atoms with Crippen molar-refractivity contribution < 1.29 is 9.59 Å². The standard InChI is InChI=1S/C27H31ClN4O2.ClH/c1-4-32(16-15-28)25-10-6-9-24(18-25)30-27(34)22-13-11-21(12-14-22)26(33)29-23-8-5-7-20(17-23)19-31(2)3;/h5-14,17-18H,4,15-16,19H2,1-3H3,(H,29,33)(H,30,34);1H. The molecule has 8 heteroatoms. The maximum Gasteiger partial charge on any atom is 0.255 e.